The molecule has 2 aromatic heterocycles. The minimum atomic E-state index is -1.19. The Labute approximate surface area is 185 Å². The number of hydrogen-bond donors (Lipinski definition) is 3. The first-order valence-corrected chi connectivity index (χ1v) is 11.1. The zero-order chi connectivity index (χ0) is 22.1. The van der Waals surface area contributed by atoms with Crippen LogP contribution in [-0.4, -0.2) is 65.9 Å². The fourth-order valence-corrected chi connectivity index (χ4v) is 4.83. The number of nitrogens with zero attached hydrogens (tertiary/aromatic N) is 4. The molecule has 6 atom stereocenters. The second-order valence-electron chi connectivity index (χ2n) is 8.60. The Kier molecular flexibility index (Phi) is 6.16. The van der Waals surface area contributed by atoms with E-state index < -0.39 is 24.5 Å². The number of benzene rings is 1. The van der Waals surface area contributed by atoms with E-state index in [-0.39, 0.29) is 12.7 Å². The topological polar surface area (TPSA) is 123 Å². The van der Waals surface area contributed by atoms with E-state index >= 15 is 0 Å². The number of imidazole rings is 1. The second-order valence-corrected chi connectivity index (χ2v) is 8.60. The molecule has 9 nitrogen and oxygen atoms in total. The normalized spacial score (nSPS) is 30.3. The maximum atomic E-state index is 10.4. The van der Waals surface area contributed by atoms with E-state index in [2.05, 4.69) is 27.1 Å². The molecular formula is C23H28N4O5. The van der Waals surface area contributed by atoms with Gasteiger partial charge in [-0.2, -0.15) is 0 Å². The third-order valence-electron chi connectivity index (χ3n) is 6.58. The fraction of sp³-hybridized carbons (Fsp3) is 0.522. The molecule has 170 valence electrons. The van der Waals surface area contributed by atoms with Crippen LogP contribution >= 0.6 is 0 Å². The van der Waals surface area contributed by atoms with Gasteiger partial charge in [0.25, 0.3) is 0 Å². The maximum absolute atomic E-state index is 10.4. The van der Waals surface area contributed by atoms with E-state index in [1.165, 1.54) is 11.9 Å². The van der Waals surface area contributed by atoms with Gasteiger partial charge in [-0.3, -0.25) is 4.57 Å². The molecule has 2 aliphatic rings. The van der Waals surface area contributed by atoms with E-state index in [9.17, 15) is 15.3 Å². The lowest BCUT2D eigenvalue weighted by Gasteiger charge is -2.20. The molecule has 1 aliphatic heterocycles. The van der Waals surface area contributed by atoms with Crippen molar-refractivity contribution in [1.29, 1.82) is 0 Å². The Bertz CT molecular complexity index is 1050. The molecule has 5 rings (SSSR count). The van der Waals surface area contributed by atoms with E-state index in [1.54, 1.807) is 10.9 Å². The van der Waals surface area contributed by atoms with Crippen LogP contribution in [0.15, 0.2) is 43.0 Å². The van der Waals surface area contributed by atoms with Gasteiger partial charge in [0.05, 0.1) is 31.3 Å². The summed E-state index contributed by atoms with van der Waals surface area (Å²) < 4.78 is 13.5. The summed E-state index contributed by atoms with van der Waals surface area (Å²) in [7, 11) is 0. The third-order valence-corrected chi connectivity index (χ3v) is 6.58. The summed E-state index contributed by atoms with van der Waals surface area (Å²) in [5.41, 5.74) is 3.18. The van der Waals surface area contributed by atoms with Crippen LogP contribution in [0.4, 0.5) is 0 Å². The van der Waals surface area contributed by atoms with Crippen molar-refractivity contribution >= 4 is 11.2 Å². The Morgan fingerprint density at radius 2 is 1.91 bits per heavy atom. The summed E-state index contributed by atoms with van der Waals surface area (Å²) in [6.07, 6.45) is 3.07. The van der Waals surface area contributed by atoms with Gasteiger partial charge in [-0.1, -0.05) is 36.8 Å². The van der Waals surface area contributed by atoms with Gasteiger partial charge in [0.15, 0.2) is 11.9 Å². The van der Waals surface area contributed by atoms with Gasteiger partial charge in [-0.15, -0.1) is 0 Å². The van der Waals surface area contributed by atoms with Crippen molar-refractivity contribution in [1.82, 2.24) is 19.5 Å². The van der Waals surface area contributed by atoms with Gasteiger partial charge in [0.2, 0.25) is 0 Å². The summed E-state index contributed by atoms with van der Waals surface area (Å²) in [6, 6.07) is 10.2. The van der Waals surface area contributed by atoms with E-state index in [0.717, 1.165) is 31.4 Å². The van der Waals surface area contributed by atoms with Crippen LogP contribution < -0.4 is 0 Å². The monoisotopic (exact) mass is 440 g/mol. The summed E-state index contributed by atoms with van der Waals surface area (Å²) in [4.78, 5) is 13.3. The fourth-order valence-electron chi connectivity index (χ4n) is 4.83. The van der Waals surface area contributed by atoms with Crippen molar-refractivity contribution in [2.24, 2.45) is 5.92 Å². The summed E-state index contributed by atoms with van der Waals surface area (Å²) in [5.74, 6) is 0.343. The molecular weight excluding hydrogens is 412 g/mol. The molecule has 1 unspecified atom stereocenters. The zero-order valence-corrected chi connectivity index (χ0v) is 17.7. The molecule has 32 heavy (non-hydrogen) atoms. The van der Waals surface area contributed by atoms with Crippen LogP contribution in [-0.2, 0) is 22.5 Å². The van der Waals surface area contributed by atoms with Crippen LogP contribution in [0.2, 0.25) is 0 Å². The average molecular weight is 441 g/mol. The molecule has 0 amide bonds. The van der Waals surface area contributed by atoms with Crippen molar-refractivity contribution in [3.05, 3.63) is 54.2 Å². The highest BCUT2D eigenvalue weighted by Crippen LogP contribution is 2.34. The number of hydrogen-bond acceptors (Lipinski definition) is 8. The molecule has 0 spiro atoms. The van der Waals surface area contributed by atoms with Crippen molar-refractivity contribution in [3.8, 4) is 0 Å². The molecule has 1 aromatic carbocycles. The third kappa shape index (κ3) is 4.02. The molecule has 3 N–H and O–H groups in total. The molecule has 0 bridgehead atoms. The Morgan fingerprint density at radius 1 is 1.06 bits per heavy atom. The molecule has 1 aliphatic carbocycles. The largest absolute Gasteiger partial charge is 0.394 e. The van der Waals surface area contributed by atoms with Crippen LogP contribution in [0.3, 0.4) is 0 Å². The van der Waals surface area contributed by atoms with Crippen LogP contribution in [0.25, 0.3) is 11.2 Å². The minimum absolute atomic E-state index is 0.169. The van der Waals surface area contributed by atoms with E-state index in [4.69, 9.17) is 9.47 Å². The van der Waals surface area contributed by atoms with Crippen molar-refractivity contribution in [2.45, 2.75) is 62.9 Å². The molecule has 9 heteroatoms. The van der Waals surface area contributed by atoms with Crippen LogP contribution in [0, 0.1) is 5.92 Å². The lowest BCUT2D eigenvalue weighted by molar-refractivity contribution is -0.0511. The highest BCUT2D eigenvalue weighted by atomic mass is 16.6. The van der Waals surface area contributed by atoms with Gasteiger partial charge in [0, 0.05) is 0 Å². The van der Waals surface area contributed by atoms with E-state index in [0.29, 0.717) is 23.7 Å². The zero-order valence-electron chi connectivity index (χ0n) is 17.7. The van der Waals surface area contributed by atoms with Gasteiger partial charge in [0.1, 0.15) is 30.2 Å². The Morgan fingerprint density at radius 3 is 2.69 bits per heavy atom. The smallest absolute Gasteiger partial charge is 0.165 e. The number of fused-ring (bicyclic) bond motifs is 1. The lowest BCUT2D eigenvalue weighted by Crippen LogP contribution is -2.33. The van der Waals surface area contributed by atoms with Gasteiger partial charge in [-0.05, 0) is 30.7 Å². The van der Waals surface area contributed by atoms with Crippen molar-refractivity contribution in [2.75, 3.05) is 6.61 Å². The Hall–Kier alpha value is -2.43. The highest BCUT2D eigenvalue weighted by Gasteiger charge is 2.44. The second kappa shape index (κ2) is 9.21. The molecule has 1 saturated heterocycles. The predicted molar refractivity (Wildman–Crippen MR) is 114 cm³/mol. The lowest BCUT2D eigenvalue weighted by atomic mass is 9.99. The quantitative estimate of drug-likeness (QED) is 0.503. The average Bonchev–Trinajstić information content (AvgIpc) is 3.52. The first-order chi connectivity index (χ1) is 15.7. The molecule has 3 heterocycles. The standard InChI is InChI=1S/C23H28N4O5/c28-10-18-20(29)21(30)23(32-18)27-13-26-19-16(24-12-25-22(19)27)9-15-7-4-8-17(15)31-11-14-5-2-1-3-6-14/h1-3,5-6,12-13,15,17-18,20-21,23,28-30H,4,7-11H2/t15?,17-,18-,20-,21-,23-/m1/s1. The summed E-state index contributed by atoms with van der Waals surface area (Å²) >= 11 is 0. The van der Waals surface area contributed by atoms with Gasteiger partial charge < -0.3 is 24.8 Å². The van der Waals surface area contributed by atoms with Gasteiger partial charge >= 0.3 is 0 Å². The summed E-state index contributed by atoms with van der Waals surface area (Å²) in [5, 5.41) is 29.8. The number of aliphatic hydroxyl groups excluding tert-OH is 3. The van der Waals surface area contributed by atoms with E-state index in [1.807, 2.05) is 18.2 Å². The molecule has 0 radical (unpaired) electrons. The summed E-state index contributed by atoms with van der Waals surface area (Å²) in [6.45, 7) is 0.217. The number of aromatic nitrogens is 4. The first-order valence-electron chi connectivity index (χ1n) is 11.1. The van der Waals surface area contributed by atoms with Gasteiger partial charge in [-0.25, -0.2) is 15.0 Å². The number of aliphatic hydroxyl groups is 3. The van der Waals surface area contributed by atoms with Crippen LogP contribution in [0.1, 0.15) is 36.7 Å². The Balaban J connectivity index is 1.33. The van der Waals surface area contributed by atoms with Crippen LogP contribution in [0.5, 0.6) is 0 Å². The molecule has 1 saturated carbocycles. The predicted octanol–water partition coefficient (Wildman–Crippen LogP) is 1.37. The minimum Gasteiger partial charge on any atom is -0.394 e. The van der Waals surface area contributed by atoms with Crippen molar-refractivity contribution < 1.29 is 24.8 Å². The highest BCUT2D eigenvalue weighted by molar-refractivity contribution is 5.73. The SMILES string of the molecule is OC[C@H]1O[C@@H](n2cnc3c(CC4CCC[C@H]4OCc4ccccc4)ncnc32)[C@H](O)[C@@H]1O. The first kappa shape index (κ1) is 21.4. The maximum Gasteiger partial charge on any atom is 0.165 e. The number of ether oxygens (including phenoxy) is 2. The molecule has 2 fully saturated rings. The number of rotatable bonds is 7. The molecule has 3 aromatic rings. The van der Waals surface area contributed by atoms with Crippen molar-refractivity contribution in [3.63, 3.8) is 0 Å².